The van der Waals surface area contributed by atoms with Gasteiger partial charge in [0.05, 0.1) is 7.11 Å². The lowest BCUT2D eigenvalue weighted by Gasteiger charge is -2.07. The van der Waals surface area contributed by atoms with Gasteiger partial charge in [0, 0.05) is 6.54 Å². The Balaban J connectivity index is 2.20. The van der Waals surface area contributed by atoms with E-state index in [0.29, 0.717) is 13.2 Å². The minimum absolute atomic E-state index is 0.521. The van der Waals surface area contributed by atoms with Crippen molar-refractivity contribution in [2.75, 3.05) is 20.3 Å². The quantitative estimate of drug-likeness (QED) is 0.878. The van der Waals surface area contributed by atoms with E-state index in [4.69, 9.17) is 15.2 Å². The van der Waals surface area contributed by atoms with E-state index >= 15 is 0 Å². The Labute approximate surface area is 107 Å². The smallest absolute Gasteiger partial charge is 0.119 e. The van der Waals surface area contributed by atoms with Crippen molar-refractivity contribution in [3.8, 4) is 22.6 Å². The highest BCUT2D eigenvalue weighted by molar-refractivity contribution is 5.65. The van der Waals surface area contributed by atoms with Crippen LogP contribution in [-0.4, -0.2) is 20.3 Å². The van der Waals surface area contributed by atoms with Gasteiger partial charge in [-0.15, -0.1) is 0 Å². The van der Waals surface area contributed by atoms with E-state index in [9.17, 15) is 0 Å². The SMILES string of the molecule is COc1ccc(-c2cccc(OCCN)c2)cc1. The Morgan fingerprint density at radius 2 is 1.72 bits per heavy atom. The van der Waals surface area contributed by atoms with Gasteiger partial charge in [-0.05, 0) is 35.4 Å². The number of methoxy groups -OCH3 is 1. The molecule has 18 heavy (non-hydrogen) atoms. The van der Waals surface area contributed by atoms with Crippen LogP contribution >= 0.6 is 0 Å². The largest absolute Gasteiger partial charge is 0.497 e. The van der Waals surface area contributed by atoms with Gasteiger partial charge in [-0.3, -0.25) is 0 Å². The minimum Gasteiger partial charge on any atom is -0.497 e. The monoisotopic (exact) mass is 243 g/mol. The molecule has 0 heterocycles. The fourth-order valence-electron chi connectivity index (χ4n) is 1.73. The van der Waals surface area contributed by atoms with E-state index in [2.05, 4.69) is 6.07 Å². The van der Waals surface area contributed by atoms with Crippen LogP contribution in [0.5, 0.6) is 11.5 Å². The summed E-state index contributed by atoms with van der Waals surface area (Å²) >= 11 is 0. The number of nitrogens with two attached hydrogens (primary N) is 1. The number of hydrogen-bond donors (Lipinski definition) is 1. The van der Waals surface area contributed by atoms with Crippen LogP contribution in [0.2, 0.25) is 0 Å². The molecule has 3 heteroatoms. The van der Waals surface area contributed by atoms with Gasteiger partial charge in [0.2, 0.25) is 0 Å². The van der Waals surface area contributed by atoms with Gasteiger partial charge in [0.25, 0.3) is 0 Å². The molecule has 0 amide bonds. The molecule has 2 N–H and O–H groups in total. The fraction of sp³-hybridized carbons (Fsp3) is 0.200. The Hall–Kier alpha value is -2.00. The fourth-order valence-corrected chi connectivity index (χ4v) is 1.73. The van der Waals surface area contributed by atoms with Gasteiger partial charge in [0.15, 0.2) is 0 Å². The average molecular weight is 243 g/mol. The summed E-state index contributed by atoms with van der Waals surface area (Å²) in [6.45, 7) is 1.05. The van der Waals surface area contributed by atoms with Crippen molar-refractivity contribution in [3.63, 3.8) is 0 Å². The molecule has 0 unspecified atom stereocenters. The van der Waals surface area contributed by atoms with Crippen LogP contribution in [0.1, 0.15) is 0 Å². The second-order valence-electron chi connectivity index (χ2n) is 3.89. The van der Waals surface area contributed by atoms with Gasteiger partial charge < -0.3 is 15.2 Å². The Kier molecular flexibility index (Phi) is 4.20. The lowest BCUT2D eigenvalue weighted by atomic mass is 10.1. The second-order valence-corrected chi connectivity index (χ2v) is 3.89. The Morgan fingerprint density at radius 1 is 0.944 bits per heavy atom. The summed E-state index contributed by atoms with van der Waals surface area (Å²) < 4.78 is 10.7. The molecule has 0 atom stereocenters. The van der Waals surface area contributed by atoms with Crippen LogP contribution < -0.4 is 15.2 Å². The second kappa shape index (κ2) is 6.07. The normalized spacial score (nSPS) is 10.1. The molecule has 94 valence electrons. The Morgan fingerprint density at radius 3 is 2.39 bits per heavy atom. The molecule has 0 saturated heterocycles. The molecular weight excluding hydrogens is 226 g/mol. The highest BCUT2D eigenvalue weighted by Crippen LogP contribution is 2.25. The lowest BCUT2D eigenvalue weighted by molar-refractivity contribution is 0.328. The number of hydrogen-bond acceptors (Lipinski definition) is 3. The van der Waals surface area contributed by atoms with E-state index in [-0.39, 0.29) is 0 Å². The molecule has 2 aromatic carbocycles. The summed E-state index contributed by atoms with van der Waals surface area (Å²) in [5.41, 5.74) is 7.67. The zero-order chi connectivity index (χ0) is 12.8. The van der Waals surface area contributed by atoms with Crippen molar-refractivity contribution in [1.29, 1.82) is 0 Å². The molecule has 2 aromatic rings. The molecule has 0 spiro atoms. The summed E-state index contributed by atoms with van der Waals surface area (Å²) in [4.78, 5) is 0. The zero-order valence-electron chi connectivity index (χ0n) is 10.4. The number of ether oxygens (including phenoxy) is 2. The highest BCUT2D eigenvalue weighted by Gasteiger charge is 2.00. The van der Waals surface area contributed by atoms with Crippen molar-refractivity contribution in [2.45, 2.75) is 0 Å². The van der Waals surface area contributed by atoms with Crippen LogP contribution in [0.3, 0.4) is 0 Å². The highest BCUT2D eigenvalue weighted by atomic mass is 16.5. The third kappa shape index (κ3) is 3.02. The molecule has 0 aliphatic heterocycles. The average Bonchev–Trinajstić information content (AvgIpc) is 2.45. The van der Waals surface area contributed by atoms with Gasteiger partial charge in [-0.25, -0.2) is 0 Å². The first-order chi connectivity index (χ1) is 8.83. The molecule has 0 bridgehead atoms. The number of rotatable bonds is 5. The first kappa shape index (κ1) is 12.5. The van der Waals surface area contributed by atoms with Crippen LogP contribution in [0.15, 0.2) is 48.5 Å². The predicted molar refractivity (Wildman–Crippen MR) is 73.0 cm³/mol. The molecule has 0 saturated carbocycles. The molecule has 3 nitrogen and oxygen atoms in total. The molecule has 0 radical (unpaired) electrons. The zero-order valence-corrected chi connectivity index (χ0v) is 10.4. The molecule has 0 aliphatic rings. The van der Waals surface area contributed by atoms with Crippen LogP contribution in [0, 0.1) is 0 Å². The predicted octanol–water partition coefficient (Wildman–Crippen LogP) is 2.70. The topological polar surface area (TPSA) is 44.5 Å². The van der Waals surface area contributed by atoms with Crippen molar-refractivity contribution < 1.29 is 9.47 Å². The minimum atomic E-state index is 0.521. The first-order valence-electron chi connectivity index (χ1n) is 5.91. The lowest BCUT2D eigenvalue weighted by Crippen LogP contribution is -2.10. The summed E-state index contributed by atoms with van der Waals surface area (Å²) in [6.07, 6.45) is 0. The standard InChI is InChI=1S/C15H17NO2/c1-17-14-7-5-12(6-8-14)13-3-2-4-15(11-13)18-10-9-16/h2-8,11H,9-10,16H2,1H3. The van der Waals surface area contributed by atoms with Crippen molar-refractivity contribution in [3.05, 3.63) is 48.5 Å². The van der Waals surface area contributed by atoms with E-state index < -0.39 is 0 Å². The summed E-state index contributed by atoms with van der Waals surface area (Å²) in [5, 5.41) is 0. The van der Waals surface area contributed by atoms with E-state index in [1.165, 1.54) is 0 Å². The maximum atomic E-state index is 5.51. The van der Waals surface area contributed by atoms with Crippen LogP contribution in [0.25, 0.3) is 11.1 Å². The summed E-state index contributed by atoms with van der Waals surface area (Å²) in [6, 6.07) is 15.9. The molecule has 0 aliphatic carbocycles. The number of benzene rings is 2. The maximum absolute atomic E-state index is 5.51. The van der Waals surface area contributed by atoms with Gasteiger partial charge in [-0.2, -0.15) is 0 Å². The van der Waals surface area contributed by atoms with E-state index in [0.717, 1.165) is 22.6 Å². The van der Waals surface area contributed by atoms with Crippen LogP contribution in [0.4, 0.5) is 0 Å². The van der Waals surface area contributed by atoms with E-state index in [1.807, 2.05) is 42.5 Å². The van der Waals surface area contributed by atoms with Crippen molar-refractivity contribution in [1.82, 2.24) is 0 Å². The third-order valence-corrected chi connectivity index (χ3v) is 2.64. The van der Waals surface area contributed by atoms with Crippen LogP contribution in [-0.2, 0) is 0 Å². The Bertz CT molecular complexity index is 494. The molecule has 0 fully saturated rings. The van der Waals surface area contributed by atoms with Gasteiger partial charge >= 0.3 is 0 Å². The molecular formula is C15H17NO2. The maximum Gasteiger partial charge on any atom is 0.119 e. The van der Waals surface area contributed by atoms with Crippen molar-refractivity contribution in [2.24, 2.45) is 5.73 Å². The summed E-state index contributed by atoms with van der Waals surface area (Å²) in [5.74, 6) is 1.70. The van der Waals surface area contributed by atoms with E-state index in [1.54, 1.807) is 7.11 Å². The first-order valence-corrected chi connectivity index (χ1v) is 5.91. The molecule has 0 aromatic heterocycles. The van der Waals surface area contributed by atoms with Crippen molar-refractivity contribution >= 4 is 0 Å². The van der Waals surface area contributed by atoms with Gasteiger partial charge in [0.1, 0.15) is 18.1 Å². The summed E-state index contributed by atoms with van der Waals surface area (Å²) in [7, 11) is 1.66. The van der Waals surface area contributed by atoms with Gasteiger partial charge in [-0.1, -0.05) is 24.3 Å². The third-order valence-electron chi connectivity index (χ3n) is 2.64. The molecule has 2 rings (SSSR count).